The van der Waals surface area contributed by atoms with Gasteiger partial charge in [-0.15, -0.1) is 0 Å². The highest BCUT2D eigenvalue weighted by molar-refractivity contribution is 8.77. The number of ketones is 2. The van der Waals surface area contributed by atoms with Crippen LogP contribution in [0.5, 0.6) is 0 Å². The highest BCUT2D eigenvalue weighted by Crippen LogP contribution is 2.31. The van der Waals surface area contributed by atoms with Crippen molar-refractivity contribution in [1.82, 2.24) is 15.0 Å². The summed E-state index contributed by atoms with van der Waals surface area (Å²) < 4.78 is 5.08. The third kappa shape index (κ3) is 28.3. The summed E-state index contributed by atoms with van der Waals surface area (Å²) in [5.74, 6) is 2.47. The standard InChI is InChI=1S/C20H24N2O2S2.C14H19NO2S2.C13H19NO2S2/c1-3-7-19(23)22(17-12-10-16(2)11-13-17)20(24)9-6-15-25-26-18-8-4-5-14-21-18;1-2-6-12(16)11-13(17)7-5-10-18-19-14-8-3-4-9-15-14;1-2-3-10-16-13(15)8-6-11-17-18-12-7-4-5-9-14-12/h4-5,8,10-14H,3,6-7,9,15H2,1-2H3;3-4,8-9H,2,5-7,10-11H2,1H3;4-5,7,9H,2-3,6,8,10-11H2,1H3. The van der Waals surface area contributed by atoms with Crippen molar-refractivity contribution in [3.63, 3.8) is 0 Å². The van der Waals surface area contributed by atoms with Gasteiger partial charge in [0.15, 0.2) is 0 Å². The van der Waals surface area contributed by atoms with Crippen molar-refractivity contribution in [1.29, 1.82) is 0 Å². The topological polar surface area (TPSA) is 136 Å². The number of nitrogens with zero attached hydrogens (tertiary/aromatic N) is 4. The molecule has 63 heavy (non-hydrogen) atoms. The number of hydrogen-bond acceptors (Lipinski definition) is 15. The largest absolute Gasteiger partial charge is 0.466 e. The number of hydrogen-bond donors (Lipinski definition) is 0. The number of esters is 1. The van der Waals surface area contributed by atoms with Crippen LogP contribution in [0.3, 0.4) is 0 Å². The number of Topliss-reactive ketones (excluding diaryl/α,β-unsaturated/α-hetero) is 2. The van der Waals surface area contributed by atoms with Crippen molar-refractivity contribution < 1.29 is 28.7 Å². The highest BCUT2D eigenvalue weighted by Gasteiger charge is 2.22. The van der Waals surface area contributed by atoms with Gasteiger partial charge in [0.25, 0.3) is 0 Å². The zero-order chi connectivity index (χ0) is 45.8. The van der Waals surface area contributed by atoms with E-state index in [0.29, 0.717) is 44.4 Å². The fraction of sp³-hybridized carbons (Fsp3) is 0.447. The average Bonchev–Trinajstić information content (AvgIpc) is 3.28. The molecule has 0 aliphatic heterocycles. The second-order valence-electron chi connectivity index (χ2n) is 13.8. The molecule has 0 N–H and O–H groups in total. The van der Waals surface area contributed by atoms with E-state index in [0.717, 1.165) is 82.8 Å². The monoisotopic (exact) mass is 970 g/mol. The Morgan fingerprint density at radius 3 is 1.44 bits per heavy atom. The molecule has 1 aromatic carbocycles. The number of pyridine rings is 3. The minimum absolute atomic E-state index is 0.0712. The molecule has 10 nitrogen and oxygen atoms in total. The Hall–Kier alpha value is -3.28. The highest BCUT2D eigenvalue weighted by atomic mass is 33.1. The number of aryl methyl sites for hydroxylation is 1. The van der Waals surface area contributed by atoms with E-state index in [2.05, 4.69) is 21.9 Å². The molecule has 0 radical (unpaired) electrons. The van der Waals surface area contributed by atoms with Gasteiger partial charge in [0.2, 0.25) is 11.8 Å². The molecule has 0 aliphatic rings. The molecule has 3 aromatic heterocycles. The van der Waals surface area contributed by atoms with E-state index in [1.54, 1.807) is 83.4 Å². The molecule has 0 saturated carbocycles. The van der Waals surface area contributed by atoms with Crippen LogP contribution in [0.2, 0.25) is 0 Å². The molecule has 0 atom stereocenters. The molecular weight excluding hydrogens is 909 g/mol. The van der Waals surface area contributed by atoms with Gasteiger partial charge in [-0.05, 0) is 126 Å². The van der Waals surface area contributed by atoms with Gasteiger partial charge >= 0.3 is 5.97 Å². The summed E-state index contributed by atoms with van der Waals surface area (Å²) in [6.07, 6.45) is 13.7. The van der Waals surface area contributed by atoms with Gasteiger partial charge in [0, 0.05) is 68.0 Å². The lowest BCUT2D eigenvalue weighted by atomic mass is 10.1. The summed E-state index contributed by atoms with van der Waals surface area (Å²) in [5, 5.41) is 2.95. The Kier molecular flexibility index (Phi) is 32.8. The molecule has 0 fully saturated rings. The minimum Gasteiger partial charge on any atom is -0.466 e. The summed E-state index contributed by atoms with van der Waals surface area (Å²) in [6.45, 7) is 8.53. The van der Waals surface area contributed by atoms with Crippen LogP contribution in [-0.2, 0) is 28.7 Å². The first-order chi connectivity index (χ1) is 30.7. The summed E-state index contributed by atoms with van der Waals surface area (Å²) in [4.78, 5) is 73.2. The second kappa shape index (κ2) is 37.0. The summed E-state index contributed by atoms with van der Waals surface area (Å²) in [7, 11) is 9.97. The maximum Gasteiger partial charge on any atom is 0.305 e. The van der Waals surface area contributed by atoms with Crippen molar-refractivity contribution in [2.24, 2.45) is 0 Å². The first kappa shape index (κ1) is 55.9. The summed E-state index contributed by atoms with van der Waals surface area (Å²) in [5.41, 5.74) is 1.77. The Bertz CT molecular complexity index is 1850. The third-order valence-corrected chi connectivity index (χ3v) is 15.2. The van der Waals surface area contributed by atoms with Gasteiger partial charge in [0.1, 0.15) is 26.6 Å². The molecule has 4 aromatic rings. The van der Waals surface area contributed by atoms with Gasteiger partial charge in [-0.25, -0.2) is 15.0 Å². The van der Waals surface area contributed by atoms with E-state index < -0.39 is 0 Å². The predicted molar refractivity (Wildman–Crippen MR) is 269 cm³/mol. The molecular formula is C47H62N4O6S6. The lowest BCUT2D eigenvalue weighted by Gasteiger charge is -2.21. The number of carbonyl (C=O) groups is 5. The fourth-order valence-electron chi connectivity index (χ4n) is 5.02. The molecule has 0 bridgehead atoms. The Balaban J connectivity index is 0.000000333. The number of unbranched alkanes of at least 4 members (excludes halogenated alkanes) is 1. The number of imide groups is 1. The quantitative estimate of drug-likeness (QED) is 0.0231. The van der Waals surface area contributed by atoms with Gasteiger partial charge < -0.3 is 4.74 Å². The second-order valence-corrected chi connectivity index (χ2v) is 21.1. The molecule has 2 amide bonds. The van der Waals surface area contributed by atoms with Crippen LogP contribution < -0.4 is 4.90 Å². The molecule has 0 saturated heterocycles. The molecule has 4 rings (SSSR count). The zero-order valence-corrected chi connectivity index (χ0v) is 41.8. The maximum atomic E-state index is 12.7. The third-order valence-electron chi connectivity index (χ3n) is 8.20. The van der Waals surface area contributed by atoms with Crippen molar-refractivity contribution >= 4 is 99.8 Å². The Morgan fingerprint density at radius 2 is 0.984 bits per heavy atom. The van der Waals surface area contributed by atoms with Gasteiger partial charge in [0.05, 0.1) is 18.7 Å². The Morgan fingerprint density at radius 1 is 0.524 bits per heavy atom. The van der Waals surface area contributed by atoms with Crippen LogP contribution in [0.15, 0.2) is 113 Å². The lowest BCUT2D eigenvalue weighted by molar-refractivity contribution is -0.143. The number of amides is 2. The van der Waals surface area contributed by atoms with Crippen LogP contribution in [0.4, 0.5) is 5.69 Å². The summed E-state index contributed by atoms with van der Waals surface area (Å²) >= 11 is 0. The minimum atomic E-state index is -0.129. The number of aromatic nitrogens is 3. The van der Waals surface area contributed by atoms with E-state index in [4.69, 9.17) is 4.74 Å². The SMILES string of the molecule is CCCC(=O)CC(=O)CCCSSc1ccccn1.CCCC(=O)N(C(=O)CCCSSc1ccccn1)c1ccc(C)cc1.CCCCOC(=O)CCCSSc1ccccn1. The first-order valence-corrected chi connectivity index (χ1v) is 28.3. The van der Waals surface area contributed by atoms with Crippen LogP contribution in [-0.4, -0.2) is 68.2 Å². The van der Waals surface area contributed by atoms with Crippen molar-refractivity contribution in [3.05, 3.63) is 103 Å². The average molecular weight is 971 g/mol. The zero-order valence-electron chi connectivity index (χ0n) is 36.9. The van der Waals surface area contributed by atoms with Crippen LogP contribution >= 0.6 is 64.8 Å². The van der Waals surface area contributed by atoms with Crippen LogP contribution in [0.25, 0.3) is 0 Å². The maximum absolute atomic E-state index is 12.7. The van der Waals surface area contributed by atoms with Crippen LogP contribution in [0.1, 0.15) is 110 Å². The molecule has 16 heteroatoms. The Labute approximate surface area is 398 Å². The normalized spacial score (nSPS) is 10.4. The van der Waals surface area contributed by atoms with Crippen molar-refractivity contribution in [3.8, 4) is 0 Å². The number of benzene rings is 1. The van der Waals surface area contributed by atoms with E-state index in [1.165, 1.54) is 4.90 Å². The van der Waals surface area contributed by atoms with Gasteiger partial charge in [-0.2, -0.15) is 0 Å². The summed E-state index contributed by atoms with van der Waals surface area (Å²) in [6, 6.07) is 25.0. The number of ether oxygens (including phenoxy) is 1. The smallest absolute Gasteiger partial charge is 0.305 e. The van der Waals surface area contributed by atoms with E-state index >= 15 is 0 Å². The molecule has 0 spiro atoms. The van der Waals surface area contributed by atoms with Gasteiger partial charge in [-0.1, -0.05) is 95.5 Å². The molecule has 3 heterocycles. The van der Waals surface area contributed by atoms with E-state index in [1.807, 2.05) is 99.6 Å². The van der Waals surface area contributed by atoms with E-state index in [9.17, 15) is 24.0 Å². The number of carbonyl (C=O) groups excluding carboxylic acids is 5. The van der Waals surface area contributed by atoms with Crippen molar-refractivity contribution in [2.75, 3.05) is 28.8 Å². The molecule has 0 unspecified atom stereocenters. The number of rotatable bonds is 28. The first-order valence-electron chi connectivity index (χ1n) is 21.4. The number of anilines is 1. The van der Waals surface area contributed by atoms with Crippen molar-refractivity contribution in [2.45, 2.75) is 126 Å². The van der Waals surface area contributed by atoms with Crippen LogP contribution in [0, 0.1) is 6.92 Å². The molecule has 0 aliphatic carbocycles. The lowest BCUT2D eigenvalue weighted by Crippen LogP contribution is -2.36. The van der Waals surface area contributed by atoms with E-state index in [-0.39, 0.29) is 35.8 Å². The molecule has 342 valence electrons. The fourth-order valence-corrected chi connectivity index (χ4v) is 10.9. The predicted octanol–water partition coefficient (Wildman–Crippen LogP) is 13.1. The van der Waals surface area contributed by atoms with Gasteiger partial charge in [-0.3, -0.25) is 28.9 Å².